The number of halogens is 3. The minimum atomic E-state index is -4.26. The van der Waals surface area contributed by atoms with Gasteiger partial charge in [-0.1, -0.05) is 12.1 Å². The summed E-state index contributed by atoms with van der Waals surface area (Å²) in [6.45, 7) is 3.64. The van der Waals surface area contributed by atoms with E-state index in [1.807, 2.05) is 13.0 Å². The van der Waals surface area contributed by atoms with Gasteiger partial charge in [0.2, 0.25) is 0 Å². The van der Waals surface area contributed by atoms with E-state index >= 15 is 0 Å². The molecule has 12 heteroatoms. The number of benzene rings is 2. The lowest BCUT2D eigenvalue weighted by atomic mass is 9.97. The molecule has 1 saturated heterocycles. The van der Waals surface area contributed by atoms with Gasteiger partial charge in [-0.05, 0) is 50.2 Å². The van der Waals surface area contributed by atoms with Gasteiger partial charge in [-0.25, -0.2) is 26.6 Å². The van der Waals surface area contributed by atoms with Crippen LogP contribution in [0.1, 0.15) is 36.2 Å². The lowest BCUT2D eigenvalue weighted by Gasteiger charge is -2.37. The van der Waals surface area contributed by atoms with Gasteiger partial charge in [0.05, 0.1) is 17.0 Å². The summed E-state index contributed by atoms with van der Waals surface area (Å²) in [5.74, 6) is -3.41. The number of sulfone groups is 1. The molecule has 0 unspecified atom stereocenters. The van der Waals surface area contributed by atoms with Crippen molar-refractivity contribution in [1.82, 2.24) is 9.88 Å². The third kappa shape index (κ3) is 6.38. The molecule has 7 nitrogen and oxygen atoms in total. The van der Waals surface area contributed by atoms with Crippen LogP contribution >= 0.6 is 11.3 Å². The van der Waals surface area contributed by atoms with Gasteiger partial charge in [0.1, 0.15) is 22.3 Å². The Hall–Kier alpha value is -2.96. The van der Waals surface area contributed by atoms with Gasteiger partial charge in [0, 0.05) is 29.2 Å². The zero-order valence-electron chi connectivity index (χ0n) is 18.7. The Morgan fingerprint density at radius 2 is 1.86 bits per heavy atom. The number of carboxylic acid groups (broad SMARTS) is 1. The van der Waals surface area contributed by atoms with Crippen molar-refractivity contribution in [3.63, 3.8) is 0 Å². The number of carbonyl (C=O) groups is 1. The standard InChI is InChI=1S/C22H22F3N3O2S2.CH2O2/c1-14(28-6-3-7-28)17-4-2-5-19(23)18(17)10-26-15-8-20(24)22(21(25)9-15)32(29,30)12-16-11-31-13-27-16;2-1-3/h2,4-5,8-9,11,13-14,26H,3,6-7,10,12H2,1H3;1H,(H,2,3)/t14-;/m1./s1. The SMILES string of the molecule is C[C@H](c1cccc(F)c1CNc1cc(F)c(S(=O)(=O)Cc2cscn2)c(F)c1)N1CCC1.O=CO. The molecule has 0 spiro atoms. The number of hydrogen-bond acceptors (Lipinski definition) is 7. The zero-order valence-corrected chi connectivity index (χ0v) is 20.4. The van der Waals surface area contributed by atoms with Crippen LogP contribution in [0.4, 0.5) is 18.9 Å². The van der Waals surface area contributed by atoms with E-state index in [4.69, 9.17) is 9.90 Å². The van der Waals surface area contributed by atoms with Gasteiger partial charge in [-0.3, -0.25) is 9.69 Å². The average molecular weight is 528 g/mol. The molecule has 2 N–H and O–H groups in total. The fourth-order valence-electron chi connectivity index (χ4n) is 3.80. The van der Waals surface area contributed by atoms with Crippen molar-refractivity contribution in [1.29, 1.82) is 0 Å². The average Bonchev–Trinajstić information content (AvgIpc) is 3.23. The van der Waals surface area contributed by atoms with Gasteiger partial charge in [-0.2, -0.15) is 0 Å². The molecule has 1 aromatic heterocycles. The van der Waals surface area contributed by atoms with Crippen LogP contribution in [0.15, 0.2) is 46.1 Å². The second kappa shape index (κ2) is 11.6. The zero-order chi connectivity index (χ0) is 25.6. The van der Waals surface area contributed by atoms with Crippen molar-refractivity contribution >= 4 is 33.3 Å². The van der Waals surface area contributed by atoms with E-state index in [2.05, 4.69) is 15.2 Å². The van der Waals surface area contributed by atoms with Crippen LogP contribution in [0, 0.1) is 17.5 Å². The molecular formula is C23H24F3N3O4S2. The summed E-state index contributed by atoms with van der Waals surface area (Å²) < 4.78 is 68.9. The smallest absolute Gasteiger partial charge is 0.290 e. The minimum Gasteiger partial charge on any atom is -0.483 e. The fourth-order valence-corrected chi connectivity index (χ4v) is 5.87. The second-order valence-corrected chi connectivity index (χ2v) is 10.5. The first-order valence-corrected chi connectivity index (χ1v) is 13.2. The van der Waals surface area contributed by atoms with Crippen molar-refractivity contribution < 1.29 is 31.5 Å². The van der Waals surface area contributed by atoms with Gasteiger partial charge in [0.15, 0.2) is 9.84 Å². The van der Waals surface area contributed by atoms with Crippen molar-refractivity contribution in [3.05, 3.63) is 75.5 Å². The van der Waals surface area contributed by atoms with E-state index in [0.29, 0.717) is 5.56 Å². The molecular weight excluding hydrogens is 503 g/mol. The molecule has 4 rings (SSSR count). The van der Waals surface area contributed by atoms with Crippen LogP contribution in [0.5, 0.6) is 0 Å². The third-order valence-electron chi connectivity index (χ3n) is 5.64. The predicted molar refractivity (Wildman–Crippen MR) is 126 cm³/mol. The summed E-state index contributed by atoms with van der Waals surface area (Å²) in [5.41, 5.74) is 2.91. The maximum absolute atomic E-state index is 14.6. The first kappa shape index (κ1) is 26.6. The molecule has 1 atom stereocenters. The Morgan fingerprint density at radius 1 is 1.20 bits per heavy atom. The maximum atomic E-state index is 14.6. The molecule has 1 aliphatic rings. The molecule has 0 saturated carbocycles. The number of aromatic nitrogens is 1. The van der Waals surface area contributed by atoms with Crippen LogP contribution in [0.25, 0.3) is 0 Å². The first-order valence-electron chi connectivity index (χ1n) is 10.6. The topological polar surface area (TPSA) is 99.6 Å². The van der Waals surface area contributed by atoms with Crippen molar-refractivity contribution in [2.24, 2.45) is 0 Å². The number of thiazole rings is 1. The largest absolute Gasteiger partial charge is 0.483 e. The highest BCUT2D eigenvalue weighted by Crippen LogP contribution is 2.30. The minimum absolute atomic E-state index is 0.00396. The Balaban J connectivity index is 0.00000108. The lowest BCUT2D eigenvalue weighted by Crippen LogP contribution is -2.39. The maximum Gasteiger partial charge on any atom is 0.290 e. The number of nitrogens with one attached hydrogen (secondary N) is 1. The van der Waals surface area contributed by atoms with E-state index in [1.54, 1.807) is 6.07 Å². The highest BCUT2D eigenvalue weighted by Gasteiger charge is 2.27. The number of likely N-dealkylation sites (tertiary alicyclic amines) is 1. The van der Waals surface area contributed by atoms with Crippen molar-refractivity contribution in [2.75, 3.05) is 18.4 Å². The number of hydrogen-bond donors (Lipinski definition) is 2. The van der Waals surface area contributed by atoms with E-state index in [1.165, 1.54) is 28.3 Å². The molecule has 2 heterocycles. The molecule has 0 aliphatic carbocycles. The number of rotatable bonds is 8. The van der Waals surface area contributed by atoms with Crippen LogP contribution in [0.2, 0.25) is 0 Å². The van der Waals surface area contributed by atoms with E-state index < -0.39 is 37.9 Å². The highest BCUT2D eigenvalue weighted by atomic mass is 32.2. The summed E-state index contributed by atoms with van der Waals surface area (Å²) in [6.07, 6.45) is 1.10. The molecule has 1 aliphatic heterocycles. The normalized spacial score (nSPS) is 14.4. The monoisotopic (exact) mass is 527 g/mol. The van der Waals surface area contributed by atoms with Crippen LogP contribution in [0.3, 0.4) is 0 Å². The number of nitrogens with zero attached hydrogens (tertiary/aromatic N) is 2. The molecule has 1 fully saturated rings. The highest BCUT2D eigenvalue weighted by molar-refractivity contribution is 7.90. The second-order valence-electron chi connectivity index (χ2n) is 7.84. The van der Waals surface area contributed by atoms with Gasteiger partial charge in [-0.15, -0.1) is 11.3 Å². The fraction of sp³-hybridized carbons (Fsp3) is 0.304. The Morgan fingerprint density at radius 3 is 2.40 bits per heavy atom. The van der Waals surface area contributed by atoms with Crippen molar-refractivity contribution in [3.8, 4) is 0 Å². The quantitative estimate of drug-likeness (QED) is 0.413. The summed E-state index contributed by atoms with van der Waals surface area (Å²) in [7, 11) is -4.26. The van der Waals surface area contributed by atoms with Crippen LogP contribution in [-0.4, -0.2) is 43.0 Å². The molecule has 0 bridgehead atoms. The van der Waals surface area contributed by atoms with E-state index in [-0.39, 0.29) is 30.4 Å². The van der Waals surface area contributed by atoms with Crippen LogP contribution in [-0.2, 0) is 26.9 Å². The Kier molecular flexibility index (Phi) is 8.87. The molecule has 0 amide bonds. The summed E-state index contributed by atoms with van der Waals surface area (Å²) >= 11 is 1.20. The van der Waals surface area contributed by atoms with E-state index in [9.17, 15) is 21.6 Å². The predicted octanol–water partition coefficient (Wildman–Crippen LogP) is 4.61. The third-order valence-corrected chi connectivity index (χ3v) is 7.97. The molecule has 35 heavy (non-hydrogen) atoms. The lowest BCUT2D eigenvalue weighted by molar-refractivity contribution is -0.122. The first-order chi connectivity index (χ1) is 16.7. The number of anilines is 1. The molecule has 0 radical (unpaired) electrons. The van der Waals surface area contributed by atoms with Crippen LogP contribution < -0.4 is 5.32 Å². The summed E-state index contributed by atoms with van der Waals surface area (Å²) in [6, 6.07) is 6.68. The van der Waals surface area contributed by atoms with Gasteiger partial charge in [0.25, 0.3) is 6.47 Å². The summed E-state index contributed by atoms with van der Waals surface area (Å²) in [4.78, 5) is 13.5. The van der Waals surface area contributed by atoms with Gasteiger partial charge >= 0.3 is 0 Å². The van der Waals surface area contributed by atoms with E-state index in [0.717, 1.165) is 37.2 Å². The summed E-state index contributed by atoms with van der Waals surface area (Å²) in [5, 5.41) is 11.2. The van der Waals surface area contributed by atoms with Gasteiger partial charge < -0.3 is 10.4 Å². The molecule has 2 aromatic carbocycles. The Labute approximate surface area is 205 Å². The van der Waals surface area contributed by atoms with Crippen molar-refractivity contribution in [2.45, 2.75) is 36.6 Å². The Bertz CT molecular complexity index is 1240. The molecule has 188 valence electrons. The molecule has 3 aromatic rings.